The standard InChI is InChI=1S/C29H32FN5O5/c1-16(2)13-22(33-29(39)31-20-11-9-19(30)10-12-20)26(36)32-23(27-34-25(28(37)38)17(3)40-27)14-18-15-35(4)24-8-6-5-7-21(18)24/h5-12,15-16,22-23H,13-14H2,1-4H3,(H,32,36)(H,37,38)(H2,31,33,39)/t22-,23+/m0/s1. The molecule has 4 N–H and O–H groups in total. The number of urea groups is 1. The molecule has 40 heavy (non-hydrogen) atoms. The molecule has 0 aliphatic rings. The van der Waals surface area contributed by atoms with Crippen molar-refractivity contribution in [1.82, 2.24) is 20.2 Å². The van der Waals surface area contributed by atoms with E-state index in [1.54, 1.807) is 0 Å². The molecule has 2 atom stereocenters. The van der Waals surface area contributed by atoms with Gasteiger partial charge in [-0.2, -0.15) is 0 Å². The van der Waals surface area contributed by atoms with Crippen molar-refractivity contribution in [2.24, 2.45) is 13.0 Å². The lowest BCUT2D eigenvalue weighted by Crippen LogP contribution is -2.49. The van der Waals surface area contributed by atoms with Crippen LogP contribution in [0.2, 0.25) is 0 Å². The van der Waals surface area contributed by atoms with Crippen molar-refractivity contribution < 1.29 is 28.3 Å². The van der Waals surface area contributed by atoms with Gasteiger partial charge in [0, 0.05) is 36.3 Å². The predicted octanol–water partition coefficient (Wildman–Crippen LogP) is 4.95. The van der Waals surface area contributed by atoms with Crippen LogP contribution in [-0.4, -0.2) is 38.6 Å². The summed E-state index contributed by atoms with van der Waals surface area (Å²) in [5, 5.41) is 18.7. The summed E-state index contributed by atoms with van der Waals surface area (Å²) in [6, 6.07) is 10.7. The first kappa shape index (κ1) is 28.3. The molecule has 0 saturated carbocycles. The minimum Gasteiger partial charge on any atom is -0.476 e. The Balaban J connectivity index is 1.60. The molecule has 0 aliphatic heterocycles. The molecule has 11 heteroatoms. The van der Waals surface area contributed by atoms with Crippen LogP contribution in [-0.2, 0) is 18.3 Å². The van der Waals surface area contributed by atoms with Gasteiger partial charge >= 0.3 is 12.0 Å². The number of hydrogen-bond donors (Lipinski definition) is 4. The maximum atomic E-state index is 13.6. The molecule has 0 saturated heterocycles. The maximum absolute atomic E-state index is 13.6. The summed E-state index contributed by atoms with van der Waals surface area (Å²) in [6.07, 6.45) is 2.54. The van der Waals surface area contributed by atoms with E-state index >= 15 is 0 Å². The van der Waals surface area contributed by atoms with E-state index in [2.05, 4.69) is 20.9 Å². The number of benzene rings is 2. The Hall–Kier alpha value is -4.67. The molecule has 4 aromatic rings. The summed E-state index contributed by atoms with van der Waals surface area (Å²) in [5.41, 5.74) is 2.03. The Morgan fingerprint density at radius 2 is 1.77 bits per heavy atom. The lowest BCUT2D eigenvalue weighted by molar-refractivity contribution is -0.124. The summed E-state index contributed by atoms with van der Waals surface area (Å²) in [4.78, 5) is 42.1. The third-order valence-electron chi connectivity index (χ3n) is 6.46. The Labute approximate surface area is 230 Å². The Kier molecular flexibility index (Phi) is 8.52. The second-order valence-electron chi connectivity index (χ2n) is 10.1. The molecule has 0 fully saturated rings. The summed E-state index contributed by atoms with van der Waals surface area (Å²) in [6.45, 7) is 5.34. The van der Waals surface area contributed by atoms with Gasteiger partial charge in [0.05, 0.1) is 0 Å². The summed E-state index contributed by atoms with van der Waals surface area (Å²) in [5.74, 6) is -1.93. The number of anilines is 1. The zero-order valence-corrected chi connectivity index (χ0v) is 22.7. The lowest BCUT2D eigenvalue weighted by atomic mass is 10.0. The van der Waals surface area contributed by atoms with Gasteiger partial charge in [0.2, 0.25) is 11.8 Å². The van der Waals surface area contributed by atoms with E-state index in [-0.39, 0.29) is 29.7 Å². The topological polar surface area (TPSA) is 138 Å². The van der Waals surface area contributed by atoms with Gasteiger partial charge in [-0.25, -0.2) is 19.0 Å². The van der Waals surface area contributed by atoms with Crippen LogP contribution in [0, 0.1) is 18.7 Å². The van der Waals surface area contributed by atoms with Crippen molar-refractivity contribution in [2.45, 2.75) is 45.7 Å². The third-order valence-corrected chi connectivity index (χ3v) is 6.46. The van der Waals surface area contributed by atoms with Crippen LogP contribution >= 0.6 is 0 Å². The lowest BCUT2D eigenvalue weighted by Gasteiger charge is -2.23. The van der Waals surface area contributed by atoms with Crippen LogP contribution in [0.5, 0.6) is 0 Å². The molecule has 0 bridgehead atoms. The number of fused-ring (bicyclic) bond motifs is 1. The van der Waals surface area contributed by atoms with Crippen molar-refractivity contribution in [3.8, 4) is 0 Å². The highest BCUT2D eigenvalue weighted by Gasteiger charge is 2.29. The van der Waals surface area contributed by atoms with Crippen LogP contribution in [0.25, 0.3) is 10.9 Å². The smallest absolute Gasteiger partial charge is 0.358 e. The van der Waals surface area contributed by atoms with Gasteiger partial charge in [-0.1, -0.05) is 32.0 Å². The molecule has 210 valence electrons. The van der Waals surface area contributed by atoms with E-state index < -0.39 is 35.8 Å². The fourth-order valence-corrected chi connectivity index (χ4v) is 4.61. The number of carbonyl (C=O) groups excluding carboxylic acids is 2. The van der Waals surface area contributed by atoms with Crippen molar-refractivity contribution in [2.75, 3.05) is 5.32 Å². The minimum atomic E-state index is -1.24. The van der Waals surface area contributed by atoms with Crippen molar-refractivity contribution in [1.29, 1.82) is 0 Å². The normalized spacial score (nSPS) is 12.8. The molecule has 0 aliphatic carbocycles. The molecular weight excluding hydrogens is 517 g/mol. The van der Waals surface area contributed by atoms with E-state index in [9.17, 15) is 23.9 Å². The molecule has 0 unspecified atom stereocenters. The van der Waals surface area contributed by atoms with Gasteiger partial charge in [-0.3, -0.25) is 4.79 Å². The summed E-state index contributed by atoms with van der Waals surface area (Å²) in [7, 11) is 1.92. The van der Waals surface area contributed by atoms with Gasteiger partial charge in [0.1, 0.15) is 23.7 Å². The van der Waals surface area contributed by atoms with Crippen LogP contribution in [0.15, 0.2) is 59.1 Å². The number of halogens is 1. The fourth-order valence-electron chi connectivity index (χ4n) is 4.61. The number of nitrogens with zero attached hydrogens (tertiary/aromatic N) is 2. The third kappa shape index (κ3) is 6.66. The number of para-hydroxylation sites is 1. The molecule has 2 aromatic heterocycles. The minimum absolute atomic E-state index is 0.0512. The Morgan fingerprint density at radius 3 is 2.42 bits per heavy atom. The molecular formula is C29H32FN5O5. The van der Waals surface area contributed by atoms with Gasteiger partial charge < -0.3 is 30.0 Å². The molecule has 2 aromatic carbocycles. The van der Waals surface area contributed by atoms with Crippen LogP contribution in [0.3, 0.4) is 0 Å². The number of aromatic carboxylic acids is 1. The van der Waals surface area contributed by atoms with Gasteiger partial charge in [0.25, 0.3) is 0 Å². The predicted molar refractivity (Wildman–Crippen MR) is 148 cm³/mol. The first-order valence-corrected chi connectivity index (χ1v) is 12.9. The average Bonchev–Trinajstić information content (AvgIpc) is 3.44. The number of amides is 3. The fraction of sp³-hybridized carbons (Fsp3) is 0.310. The van der Waals surface area contributed by atoms with Gasteiger partial charge in [-0.05, 0) is 55.2 Å². The maximum Gasteiger partial charge on any atom is 0.358 e. The number of rotatable bonds is 10. The summed E-state index contributed by atoms with van der Waals surface area (Å²) >= 11 is 0. The molecule has 3 amide bonds. The molecule has 2 heterocycles. The highest BCUT2D eigenvalue weighted by Crippen LogP contribution is 2.27. The first-order chi connectivity index (χ1) is 19.0. The number of carbonyl (C=O) groups is 3. The van der Waals surface area contributed by atoms with Crippen molar-refractivity contribution in [3.05, 3.63) is 83.5 Å². The van der Waals surface area contributed by atoms with Gasteiger partial charge in [-0.15, -0.1) is 0 Å². The second kappa shape index (κ2) is 12.0. The largest absolute Gasteiger partial charge is 0.476 e. The number of carboxylic acid groups (broad SMARTS) is 1. The molecule has 0 spiro atoms. The highest BCUT2D eigenvalue weighted by molar-refractivity contribution is 5.94. The second-order valence-corrected chi connectivity index (χ2v) is 10.1. The molecule has 0 radical (unpaired) electrons. The number of aryl methyl sites for hydroxylation is 2. The van der Waals surface area contributed by atoms with E-state index in [4.69, 9.17) is 4.42 Å². The van der Waals surface area contributed by atoms with E-state index in [1.807, 2.05) is 55.9 Å². The number of hydrogen-bond acceptors (Lipinski definition) is 5. The zero-order valence-electron chi connectivity index (χ0n) is 22.7. The number of oxazole rings is 1. The average molecular weight is 550 g/mol. The number of carboxylic acids is 1. The van der Waals surface area contributed by atoms with Gasteiger partial charge in [0.15, 0.2) is 5.69 Å². The Morgan fingerprint density at radius 1 is 1.07 bits per heavy atom. The number of aromatic nitrogens is 2. The van der Waals surface area contributed by atoms with Crippen molar-refractivity contribution in [3.63, 3.8) is 0 Å². The van der Waals surface area contributed by atoms with Crippen molar-refractivity contribution >= 4 is 34.5 Å². The van der Waals surface area contributed by atoms with E-state index in [0.717, 1.165) is 16.5 Å². The van der Waals surface area contributed by atoms with Crippen LogP contribution in [0.4, 0.5) is 14.9 Å². The Bertz CT molecular complexity index is 1530. The quantitative estimate of drug-likeness (QED) is 0.221. The van der Waals surface area contributed by atoms with Crippen LogP contribution < -0.4 is 16.0 Å². The zero-order chi connectivity index (χ0) is 29.0. The van der Waals surface area contributed by atoms with E-state index in [1.165, 1.54) is 31.2 Å². The first-order valence-electron chi connectivity index (χ1n) is 12.9. The number of nitrogens with one attached hydrogen (secondary N) is 3. The monoisotopic (exact) mass is 549 g/mol. The van der Waals surface area contributed by atoms with Crippen LogP contribution in [0.1, 0.15) is 54.0 Å². The summed E-state index contributed by atoms with van der Waals surface area (Å²) < 4.78 is 20.9. The molecule has 10 nitrogen and oxygen atoms in total. The molecule has 4 rings (SSSR count). The SMILES string of the molecule is Cc1oc([C@@H](Cc2cn(C)c3ccccc23)NC(=O)[C@H](CC(C)C)NC(=O)Nc2ccc(F)cc2)nc1C(=O)O. The van der Waals surface area contributed by atoms with E-state index in [0.29, 0.717) is 12.1 Å². The highest BCUT2D eigenvalue weighted by atomic mass is 19.1.